The molecule has 288 valence electrons. The quantitative estimate of drug-likeness (QED) is 0.115. The number of pyridine rings is 1. The van der Waals surface area contributed by atoms with Gasteiger partial charge in [-0.1, -0.05) is 30.3 Å². The van der Waals surface area contributed by atoms with Gasteiger partial charge in [-0.15, -0.1) is 0 Å². The van der Waals surface area contributed by atoms with Gasteiger partial charge in [-0.3, -0.25) is 19.5 Å². The van der Waals surface area contributed by atoms with Crippen molar-refractivity contribution in [2.24, 2.45) is 11.8 Å². The first-order valence-corrected chi connectivity index (χ1v) is 17.9. The van der Waals surface area contributed by atoms with Crippen LogP contribution in [0.4, 0.5) is 23.7 Å². The van der Waals surface area contributed by atoms with E-state index in [1.54, 1.807) is 52.1 Å². The van der Waals surface area contributed by atoms with Crippen LogP contribution in [-0.4, -0.2) is 69.4 Å². The summed E-state index contributed by atoms with van der Waals surface area (Å²) in [5.41, 5.74) is 3.20. The number of nitrogens with one attached hydrogen (secondary N) is 5. The summed E-state index contributed by atoms with van der Waals surface area (Å²) in [7, 11) is 0. The Morgan fingerprint density at radius 3 is 2.30 bits per heavy atom. The van der Waals surface area contributed by atoms with E-state index in [0.29, 0.717) is 36.3 Å². The number of aromatic amines is 1. The molecule has 4 aromatic rings. The van der Waals surface area contributed by atoms with Crippen LogP contribution in [0.1, 0.15) is 75.1 Å². The topological polar surface area (TPSA) is 167 Å². The van der Waals surface area contributed by atoms with E-state index < -0.39 is 41.8 Å². The van der Waals surface area contributed by atoms with E-state index in [4.69, 9.17) is 4.74 Å². The Labute approximate surface area is 311 Å². The van der Waals surface area contributed by atoms with Crippen molar-refractivity contribution in [1.82, 2.24) is 31.1 Å². The minimum atomic E-state index is -4.58. The number of halogens is 3. The molecule has 0 bridgehead atoms. The molecule has 1 aliphatic rings. The SMILES string of the molecule is Cc1nc(C(=O)NC(C)C(F)(F)F)ccc1-c1ccc(C[C@H](NC(=O)C2CCC(CNC(=O)OC(C)(C)C)CC2)C(=O)Nc2ccc3cn[nH]c3c2)cc1. The van der Waals surface area contributed by atoms with E-state index in [9.17, 15) is 32.3 Å². The molecule has 1 unspecified atom stereocenters. The smallest absolute Gasteiger partial charge is 0.408 e. The number of aryl methyl sites for hydroxylation is 1. The number of carbonyl (C=O) groups is 4. The zero-order chi connectivity index (χ0) is 39.2. The van der Waals surface area contributed by atoms with E-state index in [1.807, 2.05) is 35.6 Å². The Morgan fingerprint density at radius 1 is 0.944 bits per heavy atom. The van der Waals surface area contributed by atoms with Gasteiger partial charge in [0.15, 0.2) is 0 Å². The number of rotatable bonds is 11. The number of aromatic nitrogens is 3. The number of hydrogen-bond acceptors (Lipinski definition) is 7. The van der Waals surface area contributed by atoms with Crippen molar-refractivity contribution in [3.8, 4) is 11.1 Å². The van der Waals surface area contributed by atoms with Crippen LogP contribution in [0.3, 0.4) is 0 Å². The van der Waals surface area contributed by atoms with Crippen molar-refractivity contribution in [1.29, 1.82) is 0 Å². The second-order valence-electron chi connectivity index (χ2n) is 14.8. The molecule has 2 aromatic carbocycles. The molecule has 15 heteroatoms. The predicted molar refractivity (Wildman–Crippen MR) is 197 cm³/mol. The number of amides is 4. The van der Waals surface area contributed by atoms with Crippen LogP contribution in [0.15, 0.2) is 60.8 Å². The summed E-state index contributed by atoms with van der Waals surface area (Å²) < 4.78 is 44.1. The summed E-state index contributed by atoms with van der Waals surface area (Å²) in [4.78, 5) is 56.1. The van der Waals surface area contributed by atoms with E-state index in [0.717, 1.165) is 41.8 Å². The Bertz CT molecular complexity index is 1970. The Balaban J connectivity index is 1.25. The highest BCUT2D eigenvalue weighted by atomic mass is 19.4. The van der Waals surface area contributed by atoms with Gasteiger partial charge < -0.3 is 26.0 Å². The fourth-order valence-electron chi connectivity index (χ4n) is 6.31. The predicted octanol–water partition coefficient (Wildman–Crippen LogP) is 6.61. The average Bonchev–Trinajstić information content (AvgIpc) is 3.58. The molecular formula is C39H46F3N7O5. The van der Waals surface area contributed by atoms with Crippen LogP contribution in [0.2, 0.25) is 0 Å². The fraction of sp³-hybridized carbons (Fsp3) is 0.436. The minimum absolute atomic E-state index is 0.133. The number of benzene rings is 2. The van der Waals surface area contributed by atoms with Gasteiger partial charge in [0.25, 0.3) is 5.91 Å². The monoisotopic (exact) mass is 749 g/mol. The molecule has 2 atom stereocenters. The molecule has 5 rings (SSSR count). The standard InChI is InChI=1S/C39H46F3N7O5/c1-22-30(16-17-31(45-22)35(51)46-23(2)39(40,41)42)26-10-6-24(7-11-26)18-33(36(52)47-29-15-14-28-21-44-49-32(28)19-29)48-34(50)27-12-8-25(9-13-27)20-43-37(53)54-38(3,4)5/h6-7,10-11,14-17,19,21,23,25,27,33H,8-9,12-13,18,20H2,1-5H3,(H,43,53)(H,44,49)(H,46,51)(H,47,52)(H,48,50)/t23?,25?,27?,33-/m0/s1. The normalized spacial score (nSPS) is 17.3. The van der Waals surface area contributed by atoms with Crippen molar-refractivity contribution in [2.75, 3.05) is 11.9 Å². The zero-order valence-corrected chi connectivity index (χ0v) is 30.9. The highest BCUT2D eigenvalue weighted by molar-refractivity contribution is 5.99. The third-order valence-corrected chi connectivity index (χ3v) is 9.36. The maximum atomic E-state index is 13.7. The molecular weight excluding hydrogens is 703 g/mol. The highest BCUT2D eigenvalue weighted by Crippen LogP contribution is 2.29. The van der Waals surface area contributed by atoms with E-state index in [1.165, 1.54) is 6.07 Å². The molecule has 0 spiro atoms. The molecule has 0 radical (unpaired) electrons. The van der Waals surface area contributed by atoms with Gasteiger partial charge >= 0.3 is 12.3 Å². The first-order chi connectivity index (χ1) is 25.4. The molecule has 5 N–H and O–H groups in total. The first kappa shape index (κ1) is 39.7. The van der Waals surface area contributed by atoms with Crippen LogP contribution in [0.5, 0.6) is 0 Å². The number of ether oxygens (including phenoxy) is 1. The van der Waals surface area contributed by atoms with Gasteiger partial charge in [-0.25, -0.2) is 9.78 Å². The highest BCUT2D eigenvalue weighted by Gasteiger charge is 2.37. The second-order valence-corrected chi connectivity index (χ2v) is 14.8. The fourth-order valence-corrected chi connectivity index (χ4v) is 6.31. The molecule has 12 nitrogen and oxygen atoms in total. The number of alkyl carbamates (subject to hydrolysis) is 1. The van der Waals surface area contributed by atoms with Gasteiger partial charge in [0.1, 0.15) is 23.4 Å². The maximum absolute atomic E-state index is 13.7. The number of fused-ring (bicyclic) bond motifs is 1. The minimum Gasteiger partial charge on any atom is -0.444 e. The summed E-state index contributed by atoms with van der Waals surface area (Å²) in [6.07, 6.45) is -0.478. The van der Waals surface area contributed by atoms with Crippen molar-refractivity contribution in [3.05, 3.63) is 77.7 Å². The Hall–Kier alpha value is -5.47. The van der Waals surface area contributed by atoms with E-state index >= 15 is 0 Å². The Kier molecular flexibility index (Phi) is 12.3. The molecule has 4 amide bonds. The number of carbonyl (C=O) groups excluding carboxylic acids is 4. The lowest BCUT2D eigenvalue weighted by Crippen LogP contribution is -2.48. The molecule has 1 aliphatic carbocycles. The third-order valence-electron chi connectivity index (χ3n) is 9.36. The van der Waals surface area contributed by atoms with Crippen molar-refractivity contribution in [3.63, 3.8) is 0 Å². The first-order valence-electron chi connectivity index (χ1n) is 17.9. The summed E-state index contributed by atoms with van der Waals surface area (Å²) >= 11 is 0. The second kappa shape index (κ2) is 16.7. The molecule has 1 saturated carbocycles. The van der Waals surface area contributed by atoms with Gasteiger partial charge in [-0.05, 0) is 102 Å². The Morgan fingerprint density at radius 2 is 1.65 bits per heavy atom. The van der Waals surface area contributed by atoms with Gasteiger partial charge in [0, 0.05) is 41.2 Å². The van der Waals surface area contributed by atoms with Crippen LogP contribution >= 0.6 is 0 Å². The van der Waals surface area contributed by atoms with Crippen molar-refractivity contribution < 1.29 is 37.1 Å². The van der Waals surface area contributed by atoms with Crippen LogP contribution in [-0.2, 0) is 20.7 Å². The summed E-state index contributed by atoms with van der Waals surface area (Å²) in [6.45, 7) is 8.39. The summed E-state index contributed by atoms with van der Waals surface area (Å²) in [5.74, 6) is -1.62. The number of H-pyrrole nitrogens is 1. The zero-order valence-electron chi connectivity index (χ0n) is 30.9. The van der Waals surface area contributed by atoms with Crippen molar-refractivity contribution in [2.45, 2.75) is 90.6 Å². The number of hydrogen-bond donors (Lipinski definition) is 5. The number of nitrogens with zero attached hydrogens (tertiary/aromatic N) is 2. The molecule has 1 fully saturated rings. The summed E-state index contributed by atoms with van der Waals surface area (Å²) in [6, 6.07) is 12.7. The van der Waals surface area contributed by atoms with Gasteiger partial charge in [0.05, 0.1) is 11.7 Å². The number of anilines is 1. The lowest BCUT2D eigenvalue weighted by molar-refractivity contribution is -0.149. The van der Waals surface area contributed by atoms with E-state index in [2.05, 4.69) is 31.1 Å². The molecule has 0 saturated heterocycles. The lowest BCUT2D eigenvalue weighted by atomic mass is 9.81. The van der Waals surface area contributed by atoms with E-state index in [-0.39, 0.29) is 29.9 Å². The molecule has 2 heterocycles. The van der Waals surface area contributed by atoms with Crippen LogP contribution in [0, 0.1) is 18.8 Å². The summed E-state index contributed by atoms with van der Waals surface area (Å²) in [5, 5.41) is 18.5. The largest absolute Gasteiger partial charge is 0.444 e. The van der Waals surface area contributed by atoms with Crippen LogP contribution in [0.25, 0.3) is 22.0 Å². The van der Waals surface area contributed by atoms with Crippen molar-refractivity contribution >= 4 is 40.4 Å². The van der Waals surface area contributed by atoms with Crippen LogP contribution < -0.4 is 21.3 Å². The molecule has 2 aromatic heterocycles. The maximum Gasteiger partial charge on any atom is 0.408 e. The molecule has 54 heavy (non-hydrogen) atoms. The number of alkyl halides is 3. The van der Waals surface area contributed by atoms with Gasteiger partial charge in [0.2, 0.25) is 11.8 Å². The average molecular weight is 750 g/mol. The lowest BCUT2D eigenvalue weighted by Gasteiger charge is -2.29. The van der Waals surface area contributed by atoms with Gasteiger partial charge in [-0.2, -0.15) is 18.3 Å². The molecule has 0 aliphatic heterocycles. The third kappa shape index (κ3) is 10.8.